The van der Waals surface area contributed by atoms with Gasteiger partial charge in [-0.05, 0) is 73.1 Å². The van der Waals surface area contributed by atoms with Crippen LogP contribution in [-0.2, 0) is 6.42 Å². The van der Waals surface area contributed by atoms with E-state index in [9.17, 15) is 4.79 Å². The van der Waals surface area contributed by atoms with E-state index in [2.05, 4.69) is 26.0 Å². The fraction of sp³-hybridized carbons (Fsp3) is 0.606. The number of hydrogen-bond donors (Lipinski definition) is 0. The van der Waals surface area contributed by atoms with Gasteiger partial charge < -0.3 is 9.47 Å². The number of ether oxygens (including phenoxy) is 2. The van der Waals surface area contributed by atoms with Gasteiger partial charge in [-0.1, -0.05) is 103 Å². The summed E-state index contributed by atoms with van der Waals surface area (Å²) in [5.74, 6) is 2.92. The molecule has 198 valence electrons. The van der Waals surface area contributed by atoms with E-state index >= 15 is 0 Å². The molecule has 0 saturated heterocycles. The zero-order chi connectivity index (χ0) is 25.4. The smallest absolute Gasteiger partial charge is 0.343 e. The fourth-order valence-electron chi connectivity index (χ4n) is 5.34. The molecule has 3 nitrogen and oxygen atoms in total. The van der Waals surface area contributed by atoms with Gasteiger partial charge in [0.2, 0.25) is 0 Å². The van der Waals surface area contributed by atoms with Gasteiger partial charge in [-0.25, -0.2) is 4.79 Å². The molecule has 0 bridgehead atoms. The minimum absolute atomic E-state index is 0.329. The number of benzene rings is 2. The monoisotopic (exact) mass is 492 g/mol. The van der Waals surface area contributed by atoms with Crippen LogP contribution in [0.1, 0.15) is 120 Å². The van der Waals surface area contributed by atoms with Gasteiger partial charge >= 0.3 is 5.97 Å². The molecule has 3 rings (SSSR count). The Hall–Kier alpha value is -2.29. The van der Waals surface area contributed by atoms with Crippen molar-refractivity contribution < 1.29 is 14.3 Å². The first-order valence-electron chi connectivity index (χ1n) is 14.7. The van der Waals surface area contributed by atoms with Crippen molar-refractivity contribution in [1.82, 2.24) is 0 Å². The quantitative estimate of drug-likeness (QED) is 0.133. The van der Waals surface area contributed by atoms with Crippen LogP contribution in [0.3, 0.4) is 0 Å². The lowest BCUT2D eigenvalue weighted by Gasteiger charge is -2.28. The van der Waals surface area contributed by atoms with Crippen LogP contribution >= 0.6 is 0 Å². The first-order chi connectivity index (χ1) is 17.7. The highest BCUT2D eigenvalue weighted by atomic mass is 16.5. The lowest BCUT2D eigenvalue weighted by molar-refractivity contribution is 0.0734. The molecule has 1 fully saturated rings. The molecule has 1 saturated carbocycles. The van der Waals surface area contributed by atoms with E-state index < -0.39 is 0 Å². The van der Waals surface area contributed by atoms with Gasteiger partial charge in [-0.2, -0.15) is 0 Å². The number of hydrogen-bond acceptors (Lipinski definition) is 3. The van der Waals surface area contributed by atoms with Gasteiger partial charge in [0.05, 0.1) is 12.2 Å². The number of carbonyl (C=O) groups is 1. The zero-order valence-electron chi connectivity index (χ0n) is 22.8. The molecule has 0 heterocycles. The van der Waals surface area contributed by atoms with Crippen LogP contribution in [-0.4, -0.2) is 12.6 Å². The lowest BCUT2D eigenvalue weighted by Crippen LogP contribution is -2.15. The van der Waals surface area contributed by atoms with Crippen LogP contribution < -0.4 is 9.47 Å². The molecule has 0 atom stereocenters. The molecule has 0 aliphatic heterocycles. The summed E-state index contributed by atoms with van der Waals surface area (Å²) in [5.41, 5.74) is 1.87. The first-order valence-corrected chi connectivity index (χ1v) is 14.7. The van der Waals surface area contributed by atoms with E-state index in [4.69, 9.17) is 9.47 Å². The summed E-state index contributed by atoms with van der Waals surface area (Å²) in [7, 11) is 0. The average molecular weight is 493 g/mol. The molecule has 0 aromatic heterocycles. The molecule has 0 radical (unpaired) electrons. The van der Waals surface area contributed by atoms with Crippen molar-refractivity contribution >= 4 is 5.97 Å². The molecule has 1 aliphatic rings. The Labute approximate surface area is 220 Å². The van der Waals surface area contributed by atoms with E-state index in [1.54, 1.807) is 12.1 Å². The summed E-state index contributed by atoms with van der Waals surface area (Å²) in [6, 6.07) is 15.3. The molecule has 0 N–H and O–H groups in total. The molecule has 0 unspecified atom stereocenters. The minimum Gasteiger partial charge on any atom is -0.494 e. The summed E-state index contributed by atoms with van der Waals surface area (Å²) in [6.45, 7) is 5.24. The van der Waals surface area contributed by atoms with Crippen LogP contribution in [0.15, 0.2) is 48.5 Å². The SMILES string of the molecule is CCCCCCCOc1ccc(C(=O)Oc2ccc(CC[C@H]3CC[C@H](CCCCC)CC3)cc2)cc1. The van der Waals surface area contributed by atoms with Crippen molar-refractivity contribution in [2.24, 2.45) is 11.8 Å². The van der Waals surface area contributed by atoms with Crippen molar-refractivity contribution in [3.05, 3.63) is 59.7 Å². The molecule has 0 amide bonds. The van der Waals surface area contributed by atoms with Gasteiger partial charge in [-0.3, -0.25) is 0 Å². The maximum atomic E-state index is 12.5. The molecular weight excluding hydrogens is 444 g/mol. The number of aryl methyl sites for hydroxylation is 1. The maximum Gasteiger partial charge on any atom is 0.343 e. The Bertz CT molecular complexity index is 848. The largest absolute Gasteiger partial charge is 0.494 e. The predicted octanol–water partition coefficient (Wildman–Crippen LogP) is 9.57. The van der Waals surface area contributed by atoms with Crippen molar-refractivity contribution in [2.75, 3.05) is 6.61 Å². The molecule has 1 aliphatic carbocycles. The second-order valence-electron chi connectivity index (χ2n) is 10.7. The fourth-order valence-corrected chi connectivity index (χ4v) is 5.34. The van der Waals surface area contributed by atoms with Crippen molar-refractivity contribution in [2.45, 2.75) is 110 Å². The second-order valence-corrected chi connectivity index (χ2v) is 10.7. The van der Waals surface area contributed by atoms with Crippen molar-refractivity contribution in [3.63, 3.8) is 0 Å². The predicted molar refractivity (Wildman–Crippen MR) is 150 cm³/mol. The van der Waals surface area contributed by atoms with Crippen LogP contribution in [0.25, 0.3) is 0 Å². The topological polar surface area (TPSA) is 35.5 Å². The van der Waals surface area contributed by atoms with Crippen LogP contribution in [0, 0.1) is 11.8 Å². The number of rotatable bonds is 16. The Balaban J connectivity index is 1.34. The molecule has 0 spiro atoms. The van der Waals surface area contributed by atoms with Gasteiger partial charge in [0.15, 0.2) is 0 Å². The van der Waals surface area contributed by atoms with Crippen molar-refractivity contribution in [3.8, 4) is 11.5 Å². The summed E-state index contributed by atoms with van der Waals surface area (Å²) in [6.07, 6.45) is 19.7. The molecule has 3 heteroatoms. The van der Waals surface area contributed by atoms with Gasteiger partial charge in [0.25, 0.3) is 0 Å². The Morgan fingerprint density at radius 1 is 0.694 bits per heavy atom. The highest BCUT2D eigenvalue weighted by molar-refractivity contribution is 5.91. The van der Waals surface area contributed by atoms with Crippen LogP contribution in [0.4, 0.5) is 0 Å². The van der Waals surface area contributed by atoms with Gasteiger partial charge in [0.1, 0.15) is 11.5 Å². The number of unbranched alkanes of at least 4 members (excludes halogenated alkanes) is 6. The Morgan fingerprint density at radius 3 is 1.94 bits per heavy atom. The highest BCUT2D eigenvalue weighted by Crippen LogP contribution is 2.34. The summed E-state index contributed by atoms with van der Waals surface area (Å²) in [5, 5.41) is 0. The minimum atomic E-state index is -0.329. The maximum absolute atomic E-state index is 12.5. The van der Waals surface area contributed by atoms with Crippen LogP contribution in [0.5, 0.6) is 11.5 Å². The molecule has 2 aromatic carbocycles. The normalized spacial score (nSPS) is 17.6. The Morgan fingerprint density at radius 2 is 1.28 bits per heavy atom. The molecule has 2 aromatic rings. The highest BCUT2D eigenvalue weighted by Gasteiger charge is 2.20. The third kappa shape index (κ3) is 10.4. The zero-order valence-corrected chi connectivity index (χ0v) is 22.8. The molecular formula is C33H48O3. The van der Waals surface area contributed by atoms with E-state index in [1.165, 1.54) is 89.0 Å². The van der Waals surface area contributed by atoms with E-state index in [0.29, 0.717) is 11.3 Å². The standard InChI is InChI=1S/C33H48O3/c1-3-5-7-8-10-26-35-31-24-20-30(21-25-31)33(34)36-32-22-18-29(19-23-32)17-16-28-14-12-27(13-15-28)11-9-6-4-2/h18-25,27-28H,3-17,26H2,1-2H3/t27-,28-. The van der Waals surface area contributed by atoms with E-state index in [0.717, 1.165) is 37.0 Å². The third-order valence-corrected chi connectivity index (χ3v) is 7.76. The summed E-state index contributed by atoms with van der Waals surface area (Å²) >= 11 is 0. The average Bonchev–Trinajstić information content (AvgIpc) is 2.91. The van der Waals surface area contributed by atoms with E-state index in [1.807, 2.05) is 24.3 Å². The number of carbonyl (C=O) groups excluding carboxylic acids is 1. The summed E-state index contributed by atoms with van der Waals surface area (Å²) in [4.78, 5) is 12.5. The lowest BCUT2D eigenvalue weighted by atomic mass is 9.78. The molecule has 36 heavy (non-hydrogen) atoms. The second kappa shape index (κ2) is 16.5. The van der Waals surface area contributed by atoms with Crippen LogP contribution in [0.2, 0.25) is 0 Å². The summed E-state index contributed by atoms with van der Waals surface area (Å²) < 4.78 is 11.4. The van der Waals surface area contributed by atoms with Gasteiger partial charge in [-0.15, -0.1) is 0 Å². The Kier molecular flexibility index (Phi) is 12.9. The first kappa shape index (κ1) is 28.3. The van der Waals surface area contributed by atoms with Gasteiger partial charge in [0, 0.05) is 0 Å². The van der Waals surface area contributed by atoms with E-state index in [-0.39, 0.29) is 5.97 Å². The van der Waals surface area contributed by atoms with Crippen molar-refractivity contribution in [1.29, 1.82) is 0 Å². The number of esters is 1. The third-order valence-electron chi connectivity index (χ3n) is 7.76.